The van der Waals surface area contributed by atoms with Crippen molar-refractivity contribution in [3.05, 3.63) is 0 Å². The largest absolute Gasteiger partial charge is 0.460 e. The fraction of sp³-hybridized carbons (Fsp3) is 1.00. The third-order valence-electron chi connectivity index (χ3n) is 8.15. The Hall–Kier alpha value is -1.20. The monoisotopic (exact) mass is 930 g/mol. The van der Waals surface area contributed by atoms with Gasteiger partial charge in [-0.3, -0.25) is 0 Å². The molecule has 0 bridgehead atoms. The highest BCUT2D eigenvalue weighted by Gasteiger charge is 2.92. The maximum absolute atomic E-state index is 14.0. The standard InChI is InChI=1S/C26H32F26N2S2/c1-53(2,9-5-7-15(27,28)17(31,32)19(35,36)21(39,40)23(43,44)25(47,48)49)11-13-55-56-14-12-54(3,4)10-6-8-16(29,30)18(33,34)20(37,38)22(41,42)24(45,46)26(50,51)52/h5-14H2,1-4H3/q+2. The van der Waals surface area contributed by atoms with Gasteiger partial charge in [0.05, 0.1) is 65.9 Å². The molecule has 0 N–H and O–H groups in total. The first kappa shape index (κ1) is 54.8. The molecule has 0 atom stereocenters. The SMILES string of the molecule is C[N+](C)(CCCC(F)(F)C(F)(F)C(F)(F)C(F)(F)C(F)(F)C(F)(F)F)CCSSCC[N+](C)(C)CCCC(F)(F)C(F)(F)C(F)(F)C(F)(F)C(F)(F)C(F)(F)F. The summed E-state index contributed by atoms with van der Waals surface area (Å²) in [7, 11) is 6.92. The van der Waals surface area contributed by atoms with Crippen LogP contribution in [0.4, 0.5) is 114 Å². The molecule has 0 aliphatic carbocycles. The number of halogens is 26. The zero-order valence-corrected chi connectivity index (χ0v) is 30.2. The number of alkyl halides is 26. The Balaban J connectivity index is 5.13. The minimum Gasteiger partial charge on any atom is -0.328 e. The molecule has 0 aromatic carbocycles. The van der Waals surface area contributed by atoms with Crippen LogP contribution in [0.2, 0.25) is 0 Å². The molecule has 0 spiro atoms. The van der Waals surface area contributed by atoms with Gasteiger partial charge in [-0.25, -0.2) is 0 Å². The fourth-order valence-corrected chi connectivity index (χ4v) is 6.81. The maximum atomic E-state index is 14.0. The summed E-state index contributed by atoms with van der Waals surface area (Å²) in [6.45, 7) is -1.35. The Labute approximate surface area is 308 Å². The fourth-order valence-electron chi connectivity index (χ4n) is 4.29. The normalized spacial score (nSPS) is 16.2. The van der Waals surface area contributed by atoms with Gasteiger partial charge in [0.15, 0.2) is 0 Å². The molecular weight excluding hydrogens is 898 g/mol. The lowest BCUT2D eigenvalue weighted by Crippen LogP contribution is -2.70. The lowest BCUT2D eigenvalue weighted by molar-refractivity contribution is -0.888. The first-order chi connectivity index (χ1) is 24.1. The summed E-state index contributed by atoms with van der Waals surface area (Å²) in [4.78, 5) is 0. The van der Waals surface area contributed by atoms with Gasteiger partial charge in [0.1, 0.15) is 0 Å². The Morgan fingerprint density at radius 1 is 0.304 bits per heavy atom. The zero-order valence-electron chi connectivity index (χ0n) is 28.6. The van der Waals surface area contributed by atoms with Gasteiger partial charge in [-0.2, -0.15) is 114 Å². The Bertz CT molecular complexity index is 1180. The van der Waals surface area contributed by atoms with Crippen LogP contribution in [0.5, 0.6) is 0 Å². The van der Waals surface area contributed by atoms with Crippen LogP contribution >= 0.6 is 21.6 Å². The highest BCUT2D eigenvalue weighted by atomic mass is 33.1. The van der Waals surface area contributed by atoms with E-state index in [2.05, 4.69) is 0 Å². The maximum Gasteiger partial charge on any atom is 0.460 e. The summed E-state index contributed by atoms with van der Waals surface area (Å²) in [6, 6.07) is 0. The average molecular weight is 931 g/mol. The second-order valence-corrected chi connectivity index (χ2v) is 16.3. The predicted molar refractivity (Wildman–Crippen MR) is 149 cm³/mol. The quantitative estimate of drug-likeness (QED) is 0.0433. The van der Waals surface area contributed by atoms with E-state index in [1.54, 1.807) is 0 Å². The van der Waals surface area contributed by atoms with Crippen molar-refractivity contribution in [1.82, 2.24) is 0 Å². The second kappa shape index (κ2) is 16.7. The van der Waals surface area contributed by atoms with E-state index in [1.165, 1.54) is 28.2 Å². The molecular formula is C26H32F26N2S2+2. The molecule has 338 valence electrons. The van der Waals surface area contributed by atoms with Crippen LogP contribution in [-0.2, 0) is 0 Å². The third kappa shape index (κ3) is 10.6. The lowest BCUT2D eigenvalue weighted by atomic mass is 9.92. The van der Waals surface area contributed by atoms with Crippen molar-refractivity contribution in [1.29, 1.82) is 0 Å². The van der Waals surface area contributed by atoms with Gasteiger partial charge in [0, 0.05) is 25.7 Å². The summed E-state index contributed by atoms with van der Waals surface area (Å²) in [5.41, 5.74) is 0. The molecule has 56 heavy (non-hydrogen) atoms. The van der Waals surface area contributed by atoms with Crippen molar-refractivity contribution in [2.45, 2.75) is 97.3 Å². The number of hydrogen-bond donors (Lipinski definition) is 0. The van der Waals surface area contributed by atoms with E-state index >= 15 is 0 Å². The highest BCUT2D eigenvalue weighted by Crippen LogP contribution is 2.62. The van der Waals surface area contributed by atoms with Gasteiger partial charge >= 0.3 is 71.6 Å². The Morgan fingerprint density at radius 3 is 0.732 bits per heavy atom. The minimum absolute atomic E-state index is 0.0437. The summed E-state index contributed by atoms with van der Waals surface area (Å²) >= 11 is 0. The zero-order chi connectivity index (χ0) is 45.5. The molecule has 0 unspecified atom stereocenters. The predicted octanol–water partition coefficient (Wildman–Crippen LogP) is 11.6. The molecule has 0 aliphatic rings. The molecule has 0 saturated heterocycles. The van der Waals surface area contributed by atoms with E-state index in [-0.39, 0.29) is 24.6 Å². The van der Waals surface area contributed by atoms with E-state index < -0.39 is 119 Å². The van der Waals surface area contributed by atoms with E-state index in [1.807, 2.05) is 0 Å². The highest BCUT2D eigenvalue weighted by molar-refractivity contribution is 8.76. The molecule has 0 rings (SSSR count). The summed E-state index contributed by atoms with van der Waals surface area (Å²) in [5.74, 6) is -74.8. The van der Waals surface area contributed by atoms with Gasteiger partial charge in [-0.15, -0.1) is 0 Å². The van der Waals surface area contributed by atoms with E-state index in [9.17, 15) is 114 Å². The number of quaternary nitrogens is 2. The summed E-state index contributed by atoms with van der Waals surface area (Å²) < 4.78 is 344. The van der Waals surface area contributed by atoms with Crippen LogP contribution in [0, 0.1) is 0 Å². The molecule has 0 amide bonds. The molecule has 30 heteroatoms. The van der Waals surface area contributed by atoms with E-state index in [0.29, 0.717) is 0 Å². The second-order valence-electron chi connectivity index (χ2n) is 13.6. The summed E-state index contributed by atoms with van der Waals surface area (Å²) in [5, 5.41) is 0. The third-order valence-corrected chi connectivity index (χ3v) is 10.5. The van der Waals surface area contributed by atoms with Crippen molar-refractivity contribution in [2.75, 3.05) is 65.9 Å². The van der Waals surface area contributed by atoms with Gasteiger partial charge in [-0.05, 0) is 0 Å². The molecule has 0 aliphatic heterocycles. The van der Waals surface area contributed by atoms with Crippen LogP contribution in [0.3, 0.4) is 0 Å². The van der Waals surface area contributed by atoms with Crippen LogP contribution < -0.4 is 0 Å². The van der Waals surface area contributed by atoms with Gasteiger partial charge in [0.25, 0.3) is 0 Å². The molecule has 0 radical (unpaired) electrons. The van der Waals surface area contributed by atoms with Crippen LogP contribution in [0.25, 0.3) is 0 Å². The minimum atomic E-state index is -8.02. The van der Waals surface area contributed by atoms with Crippen LogP contribution in [0.1, 0.15) is 25.7 Å². The first-order valence-corrected chi connectivity index (χ1v) is 17.4. The molecule has 0 fully saturated rings. The number of rotatable bonds is 23. The average Bonchev–Trinajstić information content (AvgIpc) is 2.96. The Kier molecular flexibility index (Phi) is 16.3. The number of hydrogen-bond acceptors (Lipinski definition) is 2. The smallest absolute Gasteiger partial charge is 0.328 e. The van der Waals surface area contributed by atoms with Crippen molar-refractivity contribution >= 4 is 21.6 Å². The van der Waals surface area contributed by atoms with Gasteiger partial charge in [-0.1, -0.05) is 21.6 Å². The van der Waals surface area contributed by atoms with Crippen LogP contribution in [-0.4, -0.2) is 146 Å². The first-order valence-electron chi connectivity index (χ1n) is 14.9. The summed E-state index contributed by atoms with van der Waals surface area (Å²) in [6.07, 6.45) is -22.2. The van der Waals surface area contributed by atoms with E-state index in [4.69, 9.17) is 0 Å². The Morgan fingerprint density at radius 2 is 0.518 bits per heavy atom. The molecule has 0 saturated carbocycles. The van der Waals surface area contributed by atoms with Crippen molar-refractivity contribution in [3.63, 3.8) is 0 Å². The molecule has 2 nitrogen and oxygen atoms in total. The van der Waals surface area contributed by atoms with E-state index in [0.717, 1.165) is 21.6 Å². The van der Waals surface area contributed by atoms with Gasteiger partial charge in [0.2, 0.25) is 0 Å². The molecule has 0 heterocycles. The van der Waals surface area contributed by atoms with Crippen molar-refractivity contribution < 1.29 is 123 Å². The van der Waals surface area contributed by atoms with Crippen LogP contribution in [0.15, 0.2) is 0 Å². The van der Waals surface area contributed by atoms with Crippen molar-refractivity contribution in [2.24, 2.45) is 0 Å². The van der Waals surface area contributed by atoms with Crippen molar-refractivity contribution in [3.8, 4) is 0 Å². The topological polar surface area (TPSA) is 0 Å². The molecule has 0 aromatic heterocycles. The van der Waals surface area contributed by atoms with Gasteiger partial charge < -0.3 is 8.97 Å². The molecule has 0 aromatic rings. The lowest BCUT2D eigenvalue weighted by Gasteiger charge is -2.40. The number of nitrogens with zero attached hydrogens (tertiary/aromatic N) is 2.